The lowest BCUT2D eigenvalue weighted by molar-refractivity contribution is 0.668. The molecule has 0 atom stereocenters. The third kappa shape index (κ3) is 5.94. The van der Waals surface area contributed by atoms with Crippen molar-refractivity contribution >= 4 is 65.3 Å². The van der Waals surface area contributed by atoms with Crippen LogP contribution in [0.4, 0.5) is 0 Å². The van der Waals surface area contributed by atoms with Crippen LogP contribution in [0.25, 0.3) is 127 Å². The van der Waals surface area contributed by atoms with E-state index in [4.69, 9.17) is 9.40 Å². The summed E-state index contributed by atoms with van der Waals surface area (Å²) in [5.41, 5.74) is 16.0. The van der Waals surface area contributed by atoms with Crippen LogP contribution in [0, 0.1) is 0 Å². The van der Waals surface area contributed by atoms with E-state index >= 15 is 0 Å². The largest absolute Gasteiger partial charge is 0.456 e. The van der Waals surface area contributed by atoms with Crippen LogP contribution < -0.4 is 0 Å². The van der Waals surface area contributed by atoms with Gasteiger partial charge in [-0.1, -0.05) is 164 Å². The summed E-state index contributed by atoms with van der Waals surface area (Å²) in [5.74, 6) is 0. The Morgan fingerprint density at radius 1 is 0.312 bits per heavy atom. The molecule has 0 aliphatic heterocycles. The second-order valence-electron chi connectivity index (χ2n) is 16.7. The number of nitrogens with zero attached hydrogens (tertiary/aromatic N) is 2. The van der Waals surface area contributed by atoms with Gasteiger partial charge in [0.05, 0.1) is 22.4 Å². The maximum absolute atomic E-state index is 6.83. The Morgan fingerprint density at radius 3 is 1.78 bits per heavy atom. The summed E-state index contributed by atoms with van der Waals surface area (Å²) >= 11 is 0. The fraction of sp³-hybridized carbons (Fsp3) is 0. The van der Waals surface area contributed by atoms with Crippen molar-refractivity contribution in [2.75, 3.05) is 0 Å². The molecule has 0 saturated heterocycles. The van der Waals surface area contributed by atoms with Crippen molar-refractivity contribution in [3.05, 3.63) is 231 Å². The summed E-state index contributed by atoms with van der Waals surface area (Å²) in [5, 5.41) is 9.44. The van der Waals surface area contributed by atoms with E-state index in [-0.39, 0.29) is 0 Å². The van der Waals surface area contributed by atoms with Crippen molar-refractivity contribution in [1.82, 2.24) is 9.55 Å². The monoisotopic (exact) mass is 814 g/mol. The first-order chi connectivity index (χ1) is 31.7. The lowest BCUT2D eigenvalue weighted by Gasteiger charge is -2.13. The van der Waals surface area contributed by atoms with E-state index in [0.29, 0.717) is 0 Å². The highest BCUT2D eigenvalue weighted by molar-refractivity contribution is 6.22. The zero-order valence-electron chi connectivity index (χ0n) is 34.7. The van der Waals surface area contributed by atoms with Crippen molar-refractivity contribution in [2.45, 2.75) is 0 Å². The molecule has 3 heteroatoms. The molecule has 0 saturated carbocycles. The van der Waals surface area contributed by atoms with E-state index in [2.05, 4.69) is 235 Å². The van der Waals surface area contributed by atoms with E-state index in [0.717, 1.165) is 72.3 Å². The van der Waals surface area contributed by atoms with Gasteiger partial charge in [-0.3, -0.25) is 0 Å². The van der Waals surface area contributed by atoms with Crippen molar-refractivity contribution in [3.63, 3.8) is 0 Å². The molecule has 0 fully saturated rings. The first-order valence-electron chi connectivity index (χ1n) is 21.8. The molecule has 0 radical (unpaired) electrons. The van der Waals surface area contributed by atoms with Crippen molar-refractivity contribution < 1.29 is 4.42 Å². The van der Waals surface area contributed by atoms with Gasteiger partial charge in [0, 0.05) is 44.4 Å². The summed E-state index contributed by atoms with van der Waals surface area (Å²) in [7, 11) is 0. The predicted octanol–water partition coefficient (Wildman–Crippen LogP) is 16.7. The number of fused-ring (bicyclic) bond motifs is 9. The number of benzene rings is 10. The molecule has 13 aromatic rings. The fourth-order valence-electron chi connectivity index (χ4n) is 9.89. The summed E-state index contributed by atoms with van der Waals surface area (Å²) in [4.78, 5) is 5.46. The Labute approximate surface area is 369 Å². The van der Waals surface area contributed by atoms with Crippen molar-refractivity contribution in [1.29, 1.82) is 0 Å². The number of rotatable bonds is 6. The lowest BCUT2D eigenvalue weighted by atomic mass is 9.95. The highest BCUT2D eigenvalue weighted by Crippen LogP contribution is 2.43. The van der Waals surface area contributed by atoms with Crippen LogP contribution in [0.15, 0.2) is 235 Å². The lowest BCUT2D eigenvalue weighted by Crippen LogP contribution is -1.94. The number of aromatic nitrogens is 2. The predicted molar refractivity (Wildman–Crippen MR) is 268 cm³/mol. The quantitative estimate of drug-likeness (QED) is 0.167. The van der Waals surface area contributed by atoms with E-state index in [1.165, 1.54) is 54.6 Å². The van der Waals surface area contributed by atoms with Crippen LogP contribution in [-0.2, 0) is 0 Å². The Hall–Kier alpha value is -8.53. The van der Waals surface area contributed by atoms with Gasteiger partial charge in [-0.15, -0.1) is 0 Å². The number of furan rings is 1. The van der Waals surface area contributed by atoms with Crippen LogP contribution >= 0.6 is 0 Å². The molecule has 64 heavy (non-hydrogen) atoms. The zero-order valence-corrected chi connectivity index (χ0v) is 34.7. The average Bonchev–Trinajstić information content (AvgIpc) is 3.92. The van der Waals surface area contributed by atoms with Crippen LogP contribution in [-0.4, -0.2) is 9.55 Å². The highest BCUT2D eigenvalue weighted by Gasteiger charge is 2.20. The molecular weight excluding hydrogens is 777 g/mol. The Balaban J connectivity index is 0.997. The topological polar surface area (TPSA) is 31.0 Å². The third-order valence-corrected chi connectivity index (χ3v) is 13.0. The van der Waals surface area contributed by atoms with Crippen molar-refractivity contribution in [2.24, 2.45) is 0 Å². The van der Waals surface area contributed by atoms with Crippen molar-refractivity contribution in [3.8, 4) is 61.6 Å². The van der Waals surface area contributed by atoms with E-state index < -0.39 is 0 Å². The second kappa shape index (κ2) is 14.5. The van der Waals surface area contributed by atoms with E-state index in [1.807, 2.05) is 0 Å². The first kappa shape index (κ1) is 36.2. The van der Waals surface area contributed by atoms with Gasteiger partial charge in [0.15, 0.2) is 0 Å². The molecule has 0 bridgehead atoms. The Bertz CT molecular complexity index is 3950. The number of hydrogen-bond acceptors (Lipinski definition) is 2. The summed E-state index contributed by atoms with van der Waals surface area (Å²) < 4.78 is 9.22. The van der Waals surface area contributed by atoms with Gasteiger partial charge in [0.1, 0.15) is 11.2 Å². The van der Waals surface area contributed by atoms with Gasteiger partial charge < -0.3 is 8.98 Å². The maximum Gasteiger partial charge on any atom is 0.137 e. The molecule has 0 aliphatic rings. The SMILES string of the molecule is c1ccc(-c2cccc(-c3cc(-c4ccc5ccccc5c4)nc(-c4cccc5oc6cc(-n7c8ccc(-c9ccccc9)cc8c8c9ccccc9ccc87)ccc6c45)c3)c2)cc1. The summed E-state index contributed by atoms with van der Waals surface area (Å²) in [6.07, 6.45) is 0. The minimum absolute atomic E-state index is 0.830. The minimum atomic E-state index is 0.830. The van der Waals surface area contributed by atoms with Gasteiger partial charge in [-0.25, -0.2) is 4.98 Å². The molecule has 3 aromatic heterocycles. The van der Waals surface area contributed by atoms with E-state index in [1.54, 1.807) is 0 Å². The van der Waals surface area contributed by atoms with Crippen LogP contribution in [0.3, 0.4) is 0 Å². The van der Waals surface area contributed by atoms with Gasteiger partial charge in [-0.05, 0) is 116 Å². The molecule has 0 N–H and O–H groups in total. The van der Waals surface area contributed by atoms with Crippen LogP contribution in [0.5, 0.6) is 0 Å². The van der Waals surface area contributed by atoms with Crippen LogP contribution in [0.2, 0.25) is 0 Å². The van der Waals surface area contributed by atoms with Gasteiger partial charge >= 0.3 is 0 Å². The normalized spacial score (nSPS) is 11.8. The molecule has 0 unspecified atom stereocenters. The molecule has 0 amide bonds. The number of pyridine rings is 1. The van der Waals surface area contributed by atoms with Gasteiger partial charge in [0.2, 0.25) is 0 Å². The molecule has 3 nitrogen and oxygen atoms in total. The van der Waals surface area contributed by atoms with Crippen LogP contribution in [0.1, 0.15) is 0 Å². The van der Waals surface area contributed by atoms with E-state index in [9.17, 15) is 0 Å². The highest BCUT2D eigenvalue weighted by atomic mass is 16.3. The summed E-state index contributed by atoms with van der Waals surface area (Å²) in [6.45, 7) is 0. The molecule has 13 rings (SSSR count). The summed E-state index contributed by atoms with van der Waals surface area (Å²) in [6, 6.07) is 82.8. The maximum atomic E-state index is 6.83. The molecular formula is C61H38N2O. The smallest absolute Gasteiger partial charge is 0.137 e. The van der Waals surface area contributed by atoms with Gasteiger partial charge in [-0.2, -0.15) is 0 Å². The fourth-order valence-corrected chi connectivity index (χ4v) is 9.89. The molecule has 0 aliphatic carbocycles. The molecule has 298 valence electrons. The molecule has 3 heterocycles. The molecule has 0 spiro atoms. The zero-order chi connectivity index (χ0) is 42.1. The number of hydrogen-bond donors (Lipinski definition) is 0. The first-order valence-corrected chi connectivity index (χ1v) is 21.8. The minimum Gasteiger partial charge on any atom is -0.456 e. The Morgan fingerprint density at radius 2 is 0.953 bits per heavy atom. The van der Waals surface area contributed by atoms with Gasteiger partial charge in [0.25, 0.3) is 0 Å². The standard InChI is InChI=1S/C61H38N2O/c1-3-13-39(14-4-1)44-20-11-21-45(33-44)48-36-54(47-26-25-41-17-7-8-19-43(41)34-47)62-55(37-48)51-23-12-24-58-61(51)52-30-29-49(38-59(52)64-58)63-56-31-28-46(40-15-5-2-6-16-40)35-53(56)60-50-22-10-9-18-42(50)27-32-57(60)63/h1-38H. The molecule has 10 aromatic carbocycles. The Kier molecular flexibility index (Phi) is 8.22. The average molecular weight is 815 g/mol. The second-order valence-corrected chi connectivity index (χ2v) is 16.7. The third-order valence-electron chi connectivity index (χ3n) is 13.0.